The van der Waals surface area contributed by atoms with Gasteiger partial charge in [0, 0.05) is 8.95 Å². The highest BCUT2D eigenvalue weighted by molar-refractivity contribution is 9.11. The van der Waals surface area contributed by atoms with Crippen LogP contribution in [0.1, 0.15) is 0 Å². The van der Waals surface area contributed by atoms with E-state index >= 15 is 0 Å². The van der Waals surface area contributed by atoms with Crippen molar-refractivity contribution < 1.29 is 13.5 Å². The zero-order chi connectivity index (χ0) is 14.9. The van der Waals surface area contributed by atoms with Crippen molar-refractivity contribution in [2.24, 2.45) is 0 Å². The summed E-state index contributed by atoms with van der Waals surface area (Å²) in [5.41, 5.74) is 5.90. The molecule has 0 fully saturated rings. The van der Waals surface area contributed by atoms with Crippen molar-refractivity contribution in [2.75, 3.05) is 10.5 Å². The summed E-state index contributed by atoms with van der Waals surface area (Å²) in [5, 5.41) is 9.33. The van der Waals surface area contributed by atoms with Crippen LogP contribution in [0, 0.1) is 0 Å². The lowest BCUT2D eigenvalue weighted by Gasteiger charge is -2.12. The molecule has 4 N–H and O–H groups in total. The average Bonchev–Trinajstić information content (AvgIpc) is 2.37. The fraction of sp³-hybridized carbons (Fsp3) is 0. The molecule has 2 aromatic rings. The predicted molar refractivity (Wildman–Crippen MR) is 85.2 cm³/mol. The van der Waals surface area contributed by atoms with Gasteiger partial charge in [-0.1, -0.05) is 6.07 Å². The van der Waals surface area contributed by atoms with E-state index in [1.165, 1.54) is 18.2 Å². The van der Waals surface area contributed by atoms with Crippen LogP contribution in [0.25, 0.3) is 0 Å². The van der Waals surface area contributed by atoms with Crippen LogP contribution in [0.2, 0.25) is 0 Å². The van der Waals surface area contributed by atoms with Crippen molar-refractivity contribution in [3.05, 3.63) is 45.3 Å². The molecule has 0 aliphatic rings. The Hall–Kier alpha value is -1.25. The van der Waals surface area contributed by atoms with Crippen molar-refractivity contribution >= 4 is 53.3 Å². The third-order valence-electron chi connectivity index (χ3n) is 2.51. The molecule has 0 saturated heterocycles. The molecule has 0 amide bonds. The van der Waals surface area contributed by atoms with E-state index in [2.05, 4.69) is 36.6 Å². The molecule has 0 saturated carbocycles. The summed E-state index contributed by atoms with van der Waals surface area (Å²) in [5.74, 6) is -0.161. The van der Waals surface area contributed by atoms with Crippen LogP contribution in [0.5, 0.6) is 5.75 Å². The molecule has 0 aliphatic heterocycles. The van der Waals surface area contributed by atoms with Gasteiger partial charge in [-0.25, -0.2) is 8.42 Å². The average molecular weight is 422 g/mol. The Labute approximate surface area is 133 Å². The van der Waals surface area contributed by atoms with Crippen LogP contribution in [-0.2, 0) is 10.0 Å². The van der Waals surface area contributed by atoms with Gasteiger partial charge < -0.3 is 10.8 Å². The zero-order valence-corrected chi connectivity index (χ0v) is 14.0. The summed E-state index contributed by atoms with van der Waals surface area (Å²) < 4.78 is 28.2. The first-order valence-corrected chi connectivity index (χ1v) is 8.43. The molecular weight excluding hydrogens is 412 g/mol. The Kier molecular flexibility index (Phi) is 4.26. The number of aromatic hydroxyl groups is 1. The maximum Gasteiger partial charge on any atom is 0.262 e. The lowest BCUT2D eigenvalue weighted by Crippen LogP contribution is -2.14. The van der Waals surface area contributed by atoms with Crippen molar-refractivity contribution in [3.8, 4) is 5.75 Å². The second kappa shape index (κ2) is 5.63. The van der Waals surface area contributed by atoms with Crippen LogP contribution < -0.4 is 10.5 Å². The van der Waals surface area contributed by atoms with E-state index in [4.69, 9.17) is 5.73 Å². The summed E-state index contributed by atoms with van der Waals surface area (Å²) in [6.45, 7) is 0. The van der Waals surface area contributed by atoms with Gasteiger partial charge in [-0.3, -0.25) is 4.72 Å². The largest absolute Gasteiger partial charge is 0.506 e. The predicted octanol–water partition coefficient (Wildman–Crippen LogP) is 3.30. The Balaban J connectivity index is 2.43. The molecule has 8 heteroatoms. The first kappa shape index (κ1) is 15.1. The van der Waals surface area contributed by atoms with E-state index in [-0.39, 0.29) is 16.3 Å². The van der Waals surface area contributed by atoms with Crippen LogP contribution in [-0.4, -0.2) is 13.5 Å². The zero-order valence-electron chi connectivity index (χ0n) is 9.97. The molecule has 0 unspecified atom stereocenters. The first-order chi connectivity index (χ1) is 9.31. The fourth-order valence-corrected chi connectivity index (χ4v) is 4.08. The second-order valence-corrected chi connectivity index (χ2v) is 7.31. The standard InChI is InChI=1S/C12H10Br2N2O3S/c13-8-2-1-3-9(14)12(8)16-20(18,19)7-4-5-11(17)10(15)6-7/h1-6,16-17H,15H2. The Bertz CT molecular complexity index is 743. The normalized spacial score (nSPS) is 11.3. The van der Waals surface area contributed by atoms with E-state index in [0.29, 0.717) is 14.6 Å². The third-order valence-corrected chi connectivity index (χ3v) is 5.18. The number of nitrogens with two attached hydrogens (primary N) is 1. The van der Waals surface area contributed by atoms with Crippen LogP contribution in [0.15, 0.2) is 50.2 Å². The van der Waals surface area contributed by atoms with E-state index in [0.717, 1.165) is 0 Å². The molecular formula is C12H10Br2N2O3S. The lowest BCUT2D eigenvalue weighted by molar-refractivity contribution is 0.477. The molecule has 0 heterocycles. The molecule has 5 nitrogen and oxygen atoms in total. The summed E-state index contributed by atoms with van der Waals surface area (Å²) in [4.78, 5) is -0.0320. The van der Waals surface area contributed by atoms with Gasteiger partial charge >= 0.3 is 0 Å². The van der Waals surface area contributed by atoms with Crippen LogP contribution in [0.3, 0.4) is 0 Å². The minimum atomic E-state index is -3.80. The minimum absolute atomic E-state index is 0.000863. The van der Waals surface area contributed by atoms with Gasteiger partial charge in [0.25, 0.3) is 10.0 Å². The molecule has 2 rings (SSSR count). The van der Waals surface area contributed by atoms with Gasteiger partial charge in [0.2, 0.25) is 0 Å². The topological polar surface area (TPSA) is 92.4 Å². The molecule has 0 bridgehead atoms. The first-order valence-electron chi connectivity index (χ1n) is 5.36. The van der Waals surface area contributed by atoms with Crippen molar-refractivity contribution in [1.82, 2.24) is 0 Å². The van der Waals surface area contributed by atoms with Crippen molar-refractivity contribution in [2.45, 2.75) is 4.90 Å². The van der Waals surface area contributed by atoms with Gasteiger partial charge in [-0.05, 0) is 62.2 Å². The number of phenolic OH excluding ortho intramolecular Hbond substituents is 1. The van der Waals surface area contributed by atoms with Crippen LogP contribution in [0.4, 0.5) is 11.4 Å². The molecule has 0 atom stereocenters. The number of hydrogen-bond donors (Lipinski definition) is 3. The number of rotatable bonds is 3. The molecule has 0 radical (unpaired) electrons. The summed E-state index contributed by atoms with van der Waals surface area (Å²) >= 11 is 6.55. The number of halogens is 2. The maximum absolute atomic E-state index is 12.3. The number of hydrogen-bond acceptors (Lipinski definition) is 4. The summed E-state index contributed by atoms with van der Waals surface area (Å²) in [7, 11) is -3.80. The molecule has 106 valence electrons. The van der Waals surface area contributed by atoms with Gasteiger partial charge in [0.15, 0.2) is 0 Å². The van der Waals surface area contributed by atoms with Gasteiger partial charge in [-0.2, -0.15) is 0 Å². The Morgan fingerprint density at radius 3 is 2.25 bits per heavy atom. The number of nitrogen functional groups attached to an aromatic ring is 1. The van der Waals surface area contributed by atoms with Crippen molar-refractivity contribution in [3.63, 3.8) is 0 Å². The molecule has 2 aromatic carbocycles. The highest BCUT2D eigenvalue weighted by atomic mass is 79.9. The van der Waals surface area contributed by atoms with E-state index < -0.39 is 10.0 Å². The van der Waals surface area contributed by atoms with Crippen molar-refractivity contribution in [1.29, 1.82) is 0 Å². The van der Waals surface area contributed by atoms with Gasteiger partial charge in [-0.15, -0.1) is 0 Å². The number of benzene rings is 2. The Morgan fingerprint density at radius 2 is 1.70 bits per heavy atom. The SMILES string of the molecule is Nc1cc(S(=O)(=O)Nc2c(Br)cccc2Br)ccc1O. The van der Waals surface area contributed by atoms with Gasteiger partial charge in [0.05, 0.1) is 16.3 Å². The summed E-state index contributed by atoms with van der Waals surface area (Å²) in [6.07, 6.45) is 0. The quantitative estimate of drug-likeness (QED) is 0.523. The molecule has 0 spiro atoms. The highest BCUT2D eigenvalue weighted by Crippen LogP contribution is 2.33. The minimum Gasteiger partial charge on any atom is -0.506 e. The lowest BCUT2D eigenvalue weighted by atomic mass is 10.3. The highest BCUT2D eigenvalue weighted by Gasteiger charge is 2.18. The number of anilines is 2. The molecule has 20 heavy (non-hydrogen) atoms. The van der Waals surface area contributed by atoms with E-state index in [1.54, 1.807) is 18.2 Å². The number of nitrogens with one attached hydrogen (secondary N) is 1. The van der Waals surface area contributed by atoms with Gasteiger partial charge in [0.1, 0.15) is 5.75 Å². The number of phenols is 1. The summed E-state index contributed by atoms with van der Waals surface area (Å²) in [6, 6.07) is 8.91. The maximum atomic E-state index is 12.3. The number of sulfonamides is 1. The smallest absolute Gasteiger partial charge is 0.262 e. The molecule has 0 aliphatic carbocycles. The third kappa shape index (κ3) is 3.08. The molecule has 0 aromatic heterocycles. The monoisotopic (exact) mass is 420 g/mol. The number of para-hydroxylation sites is 1. The van der Waals surface area contributed by atoms with Crippen LogP contribution >= 0.6 is 31.9 Å². The van der Waals surface area contributed by atoms with E-state index in [1.807, 2.05) is 0 Å². The fourth-order valence-electron chi connectivity index (χ4n) is 1.49. The van der Waals surface area contributed by atoms with E-state index in [9.17, 15) is 13.5 Å². The Morgan fingerprint density at radius 1 is 1.10 bits per heavy atom. The second-order valence-electron chi connectivity index (χ2n) is 3.92.